The smallest absolute Gasteiger partial charge is 0.178 e. The lowest BCUT2D eigenvalue weighted by atomic mass is 10.2. The van der Waals surface area contributed by atoms with Crippen LogP contribution >= 0.6 is 0 Å². The summed E-state index contributed by atoms with van der Waals surface area (Å²) < 4.78 is 28.8. The van der Waals surface area contributed by atoms with E-state index in [4.69, 9.17) is 4.74 Å². The second kappa shape index (κ2) is 6.01. The summed E-state index contributed by atoms with van der Waals surface area (Å²) >= 11 is 0. The van der Waals surface area contributed by atoms with Crippen molar-refractivity contribution >= 4 is 9.84 Å². The molecule has 0 saturated carbocycles. The molecule has 0 spiro atoms. The third kappa shape index (κ3) is 3.94. The highest BCUT2D eigenvalue weighted by molar-refractivity contribution is 7.91. The molecule has 0 saturated heterocycles. The van der Waals surface area contributed by atoms with Crippen LogP contribution in [0.15, 0.2) is 29.2 Å². The third-order valence-corrected chi connectivity index (χ3v) is 4.10. The molecule has 0 radical (unpaired) electrons. The minimum absolute atomic E-state index is 0.149. The van der Waals surface area contributed by atoms with Gasteiger partial charge in [0.25, 0.3) is 0 Å². The van der Waals surface area contributed by atoms with Gasteiger partial charge in [-0.15, -0.1) is 0 Å². The quantitative estimate of drug-likeness (QED) is 0.718. The van der Waals surface area contributed by atoms with Gasteiger partial charge < -0.3 is 4.74 Å². The van der Waals surface area contributed by atoms with E-state index in [0.717, 1.165) is 5.56 Å². The van der Waals surface area contributed by atoms with Crippen molar-refractivity contribution in [3.63, 3.8) is 0 Å². The van der Waals surface area contributed by atoms with Crippen LogP contribution in [0.4, 0.5) is 0 Å². The average Bonchev–Trinajstić information content (AvgIpc) is 2.25. The van der Waals surface area contributed by atoms with Gasteiger partial charge in [0, 0.05) is 13.2 Å². The Labute approximate surface area is 97.4 Å². The fourth-order valence-corrected chi connectivity index (χ4v) is 2.64. The summed E-state index contributed by atoms with van der Waals surface area (Å²) in [4.78, 5) is 0.398. The van der Waals surface area contributed by atoms with Gasteiger partial charge in [0.1, 0.15) is 0 Å². The molecule has 4 heteroatoms. The third-order valence-electron chi connectivity index (χ3n) is 2.29. The number of rotatable bonds is 6. The maximum atomic E-state index is 11.9. The van der Waals surface area contributed by atoms with Crippen LogP contribution in [0.2, 0.25) is 0 Å². The van der Waals surface area contributed by atoms with E-state index in [-0.39, 0.29) is 5.75 Å². The van der Waals surface area contributed by atoms with E-state index < -0.39 is 9.84 Å². The first-order valence-electron chi connectivity index (χ1n) is 5.43. The Bertz CT molecular complexity index is 406. The Kier molecular flexibility index (Phi) is 4.96. The van der Waals surface area contributed by atoms with Gasteiger partial charge in [-0.1, -0.05) is 17.7 Å². The minimum atomic E-state index is -3.14. The van der Waals surface area contributed by atoms with Crippen LogP contribution in [0.5, 0.6) is 0 Å². The van der Waals surface area contributed by atoms with Crippen LogP contribution in [0.25, 0.3) is 0 Å². The standard InChI is InChI=1S/C12H18O3S/c1-3-15-9-4-10-16(13,14)12-7-5-11(2)6-8-12/h5-8H,3-4,9-10H2,1-2H3. The largest absolute Gasteiger partial charge is 0.382 e. The molecule has 0 unspecified atom stereocenters. The Morgan fingerprint density at radius 1 is 1.19 bits per heavy atom. The zero-order valence-electron chi connectivity index (χ0n) is 9.77. The number of hydrogen-bond acceptors (Lipinski definition) is 3. The topological polar surface area (TPSA) is 43.4 Å². The lowest BCUT2D eigenvalue weighted by Crippen LogP contribution is -2.09. The highest BCUT2D eigenvalue weighted by Gasteiger charge is 2.13. The highest BCUT2D eigenvalue weighted by atomic mass is 32.2. The van der Waals surface area contributed by atoms with Crippen molar-refractivity contribution < 1.29 is 13.2 Å². The maximum absolute atomic E-state index is 11.9. The second-order valence-electron chi connectivity index (χ2n) is 3.68. The predicted octanol–water partition coefficient (Wildman–Crippen LogP) is 2.20. The predicted molar refractivity (Wildman–Crippen MR) is 64.3 cm³/mol. The normalized spacial score (nSPS) is 11.6. The van der Waals surface area contributed by atoms with Gasteiger partial charge in [-0.3, -0.25) is 0 Å². The Morgan fingerprint density at radius 3 is 2.38 bits per heavy atom. The molecule has 1 rings (SSSR count). The van der Waals surface area contributed by atoms with Crippen LogP contribution in [0.3, 0.4) is 0 Å². The van der Waals surface area contributed by atoms with Crippen LogP contribution in [0.1, 0.15) is 18.9 Å². The molecule has 90 valence electrons. The van der Waals surface area contributed by atoms with Gasteiger partial charge in [-0.2, -0.15) is 0 Å². The Hall–Kier alpha value is -0.870. The van der Waals surface area contributed by atoms with Gasteiger partial charge in [0.05, 0.1) is 10.6 Å². The molecule has 0 heterocycles. The van der Waals surface area contributed by atoms with Gasteiger partial charge >= 0.3 is 0 Å². The van der Waals surface area contributed by atoms with E-state index in [1.54, 1.807) is 12.1 Å². The summed E-state index contributed by atoms with van der Waals surface area (Å²) in [6, 6.07) is 6.95. The average molecular weight is 242 g/mol. The van der Waals surface area contributed by atoms with E-state index in [2.05, 4.69) is 0 Å². The SMILES string of the molecule is CCOCCCS(=O)(=O)c1ccc(C)cc1. The van der Waals surface area contributed by atoms with Crippen molar-refractivity contribution in [3.8, 4) is 0 Å². The monoisotopic (exact) mass is 242 g/mol. The summed E-state index contributed by atoms with van der Waals surface area (Å²) in [5, 5.41) is 0. The molecule has 0 bridgehead atoms. The Balaban J connectivity index is 2.60. The fraction of sp³-hybridized carbons (Fsp3) is 0.500. The maximum Gasteiger partial charge on any atom is 0.178 e. The van der Waals surface area contributed by atoms with Gasteiger partial charge in [0.2, 0.25) is 0 Å². The Morgan fingerprint density at radius 2 is 1.81 bits per heavy atom. The van der Waals surface area contributed by atoms with Crippen LogP contribution in [-0.2, 0) is 14.6 Å². The molecule has 0 aliphatic rings. The van der Waals surface area contributed by atoms with Crippen LogP contribution in [0, 0.1) is 6.92 Å². The van der Waals surface area contributed by atoms with E-state index in [1.165, 1.54) is 0 Å². The van der Waals surface area contributed by atoms with E-state index in [0.29, 0.717) is 24.5 Å². The number of sulfone groups is 1. The first kappa shape index (κ1) is 13.2. The molecule has 1 aromatic rings. The van der Waals surface area contributed by atoms with Gasteiger partial charge in [-0.05, 0) is 32.4 Å². The van der Waals surface area contributed by atoms with Crippen molar-refractivity contribution in [2.24, 2.45) is 0 Å². The molecule has 0 aromatic heterocycles. The number of benzene rings is 1. The van der Waals surface area contributed by atoms with Gasteiger partial charge in [-0.25, -0.2) is 8.42 Å². The molecule has 0 N–H and O–H groups in total. The van der Waals surface area contributed by atoms with Gasteiger partial charge in [0.15, 0.2) is 9.84 Å². The van der Waals surface area contributed by atoms with E-state index in [9.17, 15) is 8.42 Å². The molecule has 0 aliphatic carbocycles. The van der Waals surface area contributed by atoms with Crippen LogP contribution < -0.4 is 0 Å². The molecule has 0 aliphatic heterocycles. The van der Waals surface area contributed by atoms with E-state index in [1.807, 2.05) is 26.0 Å². The summed E-state index contributed by atoms with van der Waals surface area (Å²) in [7, 11) is -3.14. The van der Waals surface area contributed by atoms with Crippen LogP contribution in [-0.4, -0.2) is 27.4 Å². The van der Waals surface area contributed by atoms with E-state index >= 15 is 0 Å². The van der Waals surface area contributed by atoms with Crippen molar-refractivity contribution in [2.45, 2.75) is 25.2 Å². The first-order chi connectivity index (χ1) is 7.56. The minimum Gasteiger partial charge on any atom is -0.382 e. The molecular weight excluding hydrogens is 224 g/mol. The summed E-state index contributed by atoms with van der Waals surface area (Å²) in [5.41, 5.74) is 1.06. The lowest BCUT2D eigenvalue weighted by molar-refractivity contribution is 0.148. The van der Waals surface area contributed by atoms with Crippen molar-refractivity contribution in [2.75, 3.05) is 19.0 Å². The summed E-state index contributed by atoms with van der Waals surface area (Å²) in [5.74, 6) is 0.149. The number of ether oxygens (including phenoxy) is 1. The summed E-state index contributed by atoms with van der Waals surface area (Å²) in [6.45, 7) is 4.96. The first-order valence-corrected chi connectivity index (χ1v) is 7.08. The van der Waals surface area contributed by atoms with Crippen molar-refractivity contribution in [1.29, 1.82) is 0 Å². The molecule has 16 heavy (non-hydrogen) atoms. The molecule has 0 atom stereocenters. The molecule has 0 fully saturated rings. The molecule has 3 nitrogen and oxygen atoms in total. The zero-order valence-corrected chi connectivity index (χ0v) is 10.6. The van der Waals surface area contributed by atoms with Crippen molar-refractivity contribution in [3.05, 3.63) is 29.8 Å². The molecular formula is C12H18O3S. The highest BCUT2D eigenvalue weighted by Crippen LogP contribution is 2.12. The number of hydrogen-bond donors (Lipinski definition) is 0. The fourth-order valence-electron chi connectivity index (χ4n) is 1.36. The number of aryl methyl sites for hydroxylation is 1. The zero-order chi connectivity index (χ0) is 12.0. The van der Waals surface area contributed by atoms with Crippen molar-refractivity contribution in [1.82, 2.24) is 0 Å². The summed E-state index contributed by atoms with van der Waals surface area (Å²) in [6.07, 6.45) is 0.546. The second-order valence-corrected chi connectivity index (χ2v) is 5.79. The molecule has 1 aromatic carbocycles. The lowest BCUT2D eigenvalue weighted by Gasteiger charge is -2.05. The molecule has 0 amide bonds.